The second kappa shape index (κ2) is 3.94. The van der Waals surface area contributed by atoms with Crippen molar-refractivity contribution in [3.63, 3.8) is 0 Å². The Kier molecular flexibility index (Phi) is 2.79. The van der Waals surface area contributed by atoms with Gasteiger partial charge in [0.25, 0.3) is 0 Å². The molecule has 0 amide bonds. The monoisotopic (exact) mass is 286 g/mol. The van der Waals surface area contributed by atoms with Crippen LogP contribution in [0.3, 0.4) is 0 Å². The summed E-state index contributed by atoms with van der Waals surface area (Å²) in [5.74, 6) is 0.522. The Hall–Kier alpha value is -0.880. The van der Waals surface area contributed by atoms with Crippen molar-refractivity contribution in [2.24, 2.45) is 0 Å². The smallest absolute Gasteiger partial charge is 0.159 e. The summed E-state index contributed by atoms with van der Waals surface area (Å²) in [7, 11) is 0. The lowest BCUT2D eigenvalue weighted by atomic mass is 10.4. The first kappa shape index (κ1) is 10.6. The Morgan fingerprint density at radius 3 is 2.73 bits per heavy atom. The molecule has 0 atom stereocenters. The number of nitrogens with two attached hydrogens (primary N) is 1. The van der Waals surface area contributed by atoms with Gasteiger partial charge in [0.15, 0.2) is 5.82 Å². The van der Waals surface area contributed by atoms with Crippen LogP contribution in [0.25, 0.3) is 0 Å². The molecule has 0 radical (unpaired) electrons. The normalized spacial score (nSPS) is 10.9. The number of halogens is 1. The second-order valence-corrected chi connectivity index (χ2v) is 5.44. The first-order valence-electron chi connectivity index (χ1n) is 4.47. The molecule has 0 fully saturated rings. The molecule has 80 valence electrons. The van der Waals surface area contributed by atoms with Gasteiger partial charge in [-0.05, 0) is 29.8 Å². The van der Waals surface area contributed by atoms with Gasteiger partial charge in [0.1, 0.15) is 0 Å². The van der Waals surface area contributed by atoms with Crippen LogP contribution >= 0.6 is 27.3 Å². The molecule has 2 aromatic heterocycles. The zero-order valence-corrected chi connectivity index (χ0v) is 10.9. The lowest BCUT2D eigenvalue weighted by Gasteiger charge is -1.98. The molecule has 4 nitrogen and oxygen atoms in total. The van der Waals surface area contributed by atoms with Crippen LogP contribution in [0.4, 0.5) is 5.82 Å². The fraction of sp³-hybridized carbons (Fsp3) is 0.333. The molecule has 2 rings (SSSR count). The highest BCUT2D eigenvalue weighted by Crippen LogP contribution is 2.21. The number of anilines is 1. The van der Waals surface area contributed by atoms with Crippen molar-refractivity contribution in [2.45, 2.75) is 20.4 Å². The van der Waals surface area contributed by atoms with E-state index in [1.165, 1.54) is 4.88 Å². The molecule has 0 aromatic carbocycles. The third-order valence-corrected chi connectivity index (χ3v) is 3.72. The summed E-state index contributed by atoms with van der Waals surface area (Å²) in [6.45, 7) is 4.75. The Bertz CT molecular complexity index is 469. The molecule has 0 unspecified atom stereocenters. The standard InChI is InChI=1S/C9H11BrN4S/c1-5-8(15-6(2)12-5)4-14-3-7(10)9(11)13-14/h3H,4H2,1-2H3,(H2,11,13). The van der Waals surface area contributed by atoms with Crippen LogP contribution in [0.1, 0.15) is 15.6 Å². The van der Waals surface area contributed by atoms with Crippen LogP contribution in [0.5, 0.6) is 0 Å². The molecular weight excluding hydrogens is 276 g/mol. The number of hydrogen-bond acceptors (Lipinski definition) is 4. The molecule has 0 spiro atoms. The first-order chi connectivity index (χ1) is 7.06. The van der Waals surface area contributed by atoms with Crippen LogP contribution in [-0.2, 0) is 6.54 Å². The van der Waals surface area contributed by atoms with Gasteiger partial charge in [0.05, 0.1) is 21.7 Å². The predicted molar refractivity (Wildman–Crippen MR) is 65.0 cm³/mol. The number of rotatable bonds is 2. The summed E-state index contributed by atoms with van der Waals surface area (Å²) in [5.41, 5.74) is 6.72. The summed E-state index contributed by atoms with van der Waals surface area (Å²) in [6, 6.07) is 0. The first-order valence-corrected chi connectivity index (χ1v) is 6.08. The molecule has 0 aliphatic heterocycles. The summed E-state index contributed by atoms with van der Waals surface area (Å²) in [4.78, 5) is 5.60. The molecule has 0 aliphatic carbocycles. The molecule has 2 heterocycles. The highest BCUT2D eigenvalue weighted by Gasteiger charge is 2.08. The minimum atomic E-state index is 0.522. The Labute approximate surface area is 100 Å². The number of nitrogen functional groups attached to an aromatic ring is 1. The van der Waals surface area contributed by atoms with E-state index in [0.717, 1.165) is 21.7 Å². The SMILES string of the molecule is Cc1nc(C)c(Cn2cc(Br)c(N)n2)s1. The van der Waals surface area contributed by atoms with Gasteiger partial charge in [0, 0.05) is 11.1 Å². The zero-order chi connectivity index (χ0) is 11.0. The Morgan fingerprint density at radius 2 is 2.27 bits per heavy atom. The van der Waals surface area contributed by atoms with Gasteiger partial charge in [-0.2, -0.15) is 5.10 Å². The average molecular weight is 287 g/mol. The third kappa shape index (κ3) is 2.21. The van der Waals surface area contributed by atoms with Crippen molar-refractivity contribution in [1.82, 2.24) is 14.8 Å². The van der Waals surface area contributed by atoms with Gasteiger partial charge in [-0.3, -0.25) is 4.68 Å². The van der Waals surface area contributed by atoms with E-state index in [1.54, 1.807) is 11.3 Å². The second-order valence-electron chi connectivity index (χ2n) is 3.30. The molecule has 0 bridgehead atoms. The van der Waals surface area contributed by atoms with Crippen LogP contribution < -0.4 is 5.73 Å². The van der Waals surface area contributed by atoms with Gasteiger partial charge in [-0.15, -0.1) is 11.3 Å². The molecule has 0 saturated heterocycles. The van der Waals surface area contributed by atoms with E-state index in [4.69, 9.17) is 5.73 Å². The molecule has 15 heavy (non-hydrogen) atoms. The van der Waals surface area contributed by atoms with E-state index < -0.39 is 0 Å². The topological polar surface area (TPSA) is 56.7 Å². The maximum Gasteiger partial charge on any atom is 0.159 e. The number of thiazole rings is 1. The van der Waals surface area contributed by atoms with Gasteiger partial charge >= 0.3 is 0 Å². The molecule has 0 saturated carbocycles. The molecule has 2 N–H and O–H groups in total. The van der Waals surface area contributed by atoms with Gasteiger partial charge in [0.2, 0.25) is 0 Å². The van der Waals surface area contributed by atoms with Gasteiger partial charge < -0.3 is 5.73 Å². The molecule has 6 heteroatoms. The number of nitrogens with zero attached hydrogens (tertiary/aromatic N) is 3. The van der Waals surface area contributed by atoms with Crippen molar-refractivity contribution in [3.05, 3.63) is 26.2 Å². The van der Waals surface area contributed by atoms with Crippen molar-refractivity contribution in [3.8, 4) is 0 Å². The van der Waals surface area contributed by atoms with Gasteiger partial charge in [-0.1, -0.05) is 0 Å². The molecule has 0 aliphatic rings. The van der Waals surface area contributed by atoms with Crippen molar-refractivity contribution >= 4 is 33.1 Å². The van der Waals surface area contributed by atoms with E-state index >= 15 is 0 Å². The molecule has 2 aromatic rings. The highest BCUT2D eigenvalue weighted by atomic mass is 79.9. The zero-order valence-electron chi connectivity index (χ0n) is 8.49. The maximum absolute atomic E-state index is 5.65. The van der Waals surface area contributed by atoms with Crippen molar-refractivity contribution < 1.29 is 0 Å². The quantitative estimate of drug-likeness (QED) is 0.922. The highest BCUT2D eigenvalue weighted by molar-refractivity contribution is 9.10. The fourth-order valence-corrected chi connectivity index (χ4v) is 2.61. The van der Waals surface area contributed by atoms with Crippen molar-refractivity contribution in [2.75, 3.05) is 5.73 Å². The number of hydrogen-bond donors (Lipinski definition) is 1. The lowest BCUT2D eigenvalue weighted by molar-refractivity contribution is 0.694. The summed E-state index contributed by atoms with van der Waals surface area (Å²) in [5, 5.41) is 5.27. The minimum absolute atomic E-state index is 0.522. The van der Waals surface area contributed by atoms with E-state index in [1.807, 2.05) is 24.7 Å². The maximum atomic E-state index is 5.65. The van der Waals surface area contributed by atoms with E-state index in [0.29, 0.717) is 5.82 Å². The summed E-state index contributed by atoms with van der Waals surface area (Å²) < 4.78 is 2.65. The fourth-order valence-electron chi connectivity index (χ4n) is 1.36. The lowest BCUT2D eigenvalue weighted by Crippen LogP contribution is -2.00. The molecular formula is C9H11BrN4S. The van der Waals surface area contributed by atoms with Gasteiger partial charge in [-0.25, -0.2) is 4.98 Å². The third-order valence-electron chi connectivity index (χ3n) is 2.05. The van der Waals surface area contributed by atoms with E-state index in [2.05, 4.69) is 26.0 Å². The Balaban J connectivity index is 2.25. The Morgan fingerprint density at radius 1 is 1.53 bits per heavy atom. The average Bonchev–Trinajstić information content (AvgIpc) is 2.59. The van der Waals surface area contributed by atoms with Crippen LogP contribution in [0, 0.1) is 13.8 Å². The van der Waals surface area contributed by atoms with Crippen LogP contribution in [-0.4, -0.2) is 14.8 Å². The number of aryl methyl sites for hydroxylation is 2. The van der Waals surface area contributed by atoms with Crippen LogP contribution in [0.2, 0.25) is 0 Å². The van der Waals surface area contributed by atoms with Crippen LogP contribution in [0.15, 0.2) is 10.7 Å². The van der Waals surface area contributed by atoms with E-state index in [-0.39, 0.29) is 0 Å². The minimum Gasteiger partial charge on any atom is -0.381 e. The summed E-state index contributed by atoms with van der Waals surface area (Å²) in [6.07, 6.45) is 1.88. The number of aromatic nitrogens is 3. The van der Waals surface area contributed by atoms with E-state index in [9.17, 15) is 0 Å². The largest absolute Gasteiger partial charge is 0.381 e. The summed E-state index contributed by atoms with van der Waals surface area (Å²) >= 11 is 5.03. The van der Waals surface area contributed by atoms with Crippen molar-refractivity contribution in [1.29, 1.82) is 0 Å². The predicted octanol–water partition coefficient (Wildman–Crippen LogP) is 2.35.